The van der Waals surface area contributed by atoms with Crippen molar-refractivity contribution in [3.8, 4) is 0 Å². The Labute approximate surface area is 102 Å². The number of carbonyl (C=O) groups excluding carboxylic acids is 1. The fraction of sp³-hybridized carbons (Fsp3) is 0.615. The number of ether oxygens (including phenoxy) is 1. The van der Waals surface area contributed by atoms with Gasteiger partial charge in [0.15, 0.2) is 0 Å². The number of H-pyrrole nitrogens is 1. The van der Waals surface area contributed by atoms with Crippen molar-refractivity contribution in [2.45, 2.75) is 39.2 Å². The van der Waals surface area contributed by atoms with E-state index in [1.807, 2.05) is 0 Å². The first kappa shape index (κ1) is 12.0. The Morgan fingerprint density at radius 2 is 2.00 bits per heavy atom. The summed E-state index contributed by atoms with van der Waals surface area (Å²) < 4.78 is 5.51. The van der Waals surface area contributed by atoms with Crippen LogP contribution in [0, 0.1) is 11.8 Å². The summed E-state index contributed by atoms with van der Waals surface area (Å²) in [6, 6.07) is 1.61. The lowest BCUT2D eigenvalue weighted by Gasteiger charge is -2.30. The van der Waals surface area contributed by atoms with Crippen molar-refractivity contribution in [2.75, 3.05) is 5.73 Å². The van der Waals surface area contributed by atoms with Gasteiger partial charge in [0.05, 0.1) is 5.69 Å². The molecule has 0 bridgehead atoms. The summed E-state index contributed by atoms with van der Waals surface area (Å²) in [4.78, 5) is 14.6. The molecule has 0 aliphatic heterocycles. The Bertz CT molecular complexity index is 390. The number of hydrogen-bond acceptors (Lipinski definition) is 3. The number of aromatic amines is 1. The van der Waals surface area contributed by atoms with Crippen LogP contribution in [0.15, 0.2) is 12.3 Å². The van der Waals surface area contributed by atoms with Crippen molar-refractivity contribution in [3.05, 3.63) is 18.0 Å². The molecule has 0 amide bonds. The van der Waals surface area contributed by atoms with Gasteiger partial charge in [-0.3, -0.25) is 0 Å². The third-order valence-corrected chi connectivity index (χ3v) is 3.33. The average molecular weight is 236 g/mol. The minimum absolute atomic E-state index is 0.0470. The predicted octanol–water partition coefficient (Wildman–Crippen LogP) is 2.58. The van der Waals surface area contributed by atoms with Crippen LogP contribution >= 0.6 is 0 Å². The van der Waals surface area contributed by atoms with Gasteiger partial charge in [0.1, 0.15) is 11.8 Å². The molecule has 1 aliphatic rings. The second-order valence-corrected chi connectivity index (χ2v) is 5.29. The zero-order valence-corrected chi connectivity index (χ0v) is 10.4. The molecule has 0 spiro atoms. The molecule has 1 saturated carbocycles. The number of esters is 1. The number of rotatable bonds is 2. The number of anilines is 1. The number of hydrogen-bond donors (Lipinski definition) is 2. The maximum absolute atomic E-state index is 11.8. The van der Waals surface area contributed by atoms with E-state index in [1.165, 1.54) is 6.42 Å². The number of aromatic nitrogens is 1. The number of carbonyl (C=O) groups is 1. The summed E-state index contributed by atoms with van der Waals surface area (Å²) in [5, 5.41) is 0. The molecule has 2 unspecified atom stereocenters. The quantitative estimate of drug-likeness (QED) is 0.775. The molecule has 4 nitrogen and oxygen atoms in total. The van der Waals surface area contributed by atoms with E-state index in [4.69, 9.17) is 10.5 Å². The highest BCUT2D eigenvalue weighted by molar-refractivity contribution is 5.88. The van der Waals surface area contributed by atoms with E-state index in [1.54, 1.807) is 12.3 Å². The molecule has 3 N–H and O–H groups in total. The van der Waals surface area contributed by atoms with Gasteiger partial charge in [0, 0.05) is 6.20 Å². The smallest absolute Gasteiger partial charge is 0.355 e. The van der Waals surface area contributed by atoms with Gasteiger partial charge < -0.3 is 15.5 Å². The van der Waals surface area contributed by atoms with Crippen LogP contribution in [0.5, 0.6) is 0 Å². The maximum atomic E-state index is 11.8. The van der Waals surface area contributed by atoms with E-state index in [-0.39, 0.29) is 12.1 Å². The molecule has 1 aromatic rings. The normalized spacial score (nSPS) is 28.9. The Morgan fingerprint density at radius 1 is 1.35 bits per heavy atom. The van der Waals surface area contributed by atoms with Crippen LogP contribution < -0.4 is 5.73 Å². The molecule has 1 aromatic heterocycles. The van der Waals surface area contributed by atoms with Gasteiger partial charge in [-0.1, -0.05) is 13.8 Å². The highest BCUT2D eigenvalue weighted by Crippen LogP contribution is 2.30. The number of nitrogens with two attached hydrogens (primary N) is 1. The van der Waals surface area contributed by atoms with Gasteiger partial charge in [0.25, 0.3) is 0 Å². The molecule has 1 aliphatic carbocycles. The summed E-state index contributed by atoms with van der Waals surface area (Å²) in [6.45, 7) is 4.42. The van der Waals surface area contributed by atoms with E-state index < -0.39 is 0 Å². The summed E-state index contributed by atoms with van der Waals surface area (Å²) in [7, 11) is 0. The van der Waals surface area contributed by atoms with Crippen LogP contribution in [0.3, 0.4) is 0 Å². The van der Waals surface area contributed by atoms with E-state index in [2.05, 4.69) is 18.8 Å². The van der Waals surface area contributed by atoms with Crippen LogP contribution in [0.4, 0.5) is 5.69 Å². The van der Waals surface area contributed by atoms with Crippen LogP contribution in [0.25, 0.3) is 0 Å². The van der Waals surface area contributed by atoms with Gasteiger partial charge in [0.2, 0.25) is 0 Å². The first-order chi connectivity index (χ1) is 8.04. The minimum Gasteiger partial charge on any atom is -0.458 e. The fourth-order valence-corrected chi connectivity index (χ4v) is 2.71. The van der Waals surface area contributed by atoms with Gasteiger partial charge in [-0.25, -0.2) is 4.79 Å². The Kier molecular flexibility index (Phi) is 3.41. The number of nitrogen functional groups attached to an aromatic ring is 1. The molecule has 1 fully saturated rings. The summed E-state index contributed by atoms with van der Waals surface area (Å²) >= 11 is 0. The van der Waals surface area contributed by atoms with Crippen LogP contribution in [0.2, 0.25) is 0 Å². The summed E-state index contributed by atoms with van der Waals surface area (Å²) in [6.07, 6.45) is 4.80. The van der Waals surface area contributed by atoms with E-state index >= 15 is 0 Å². The van der Waals surface area contributed by atoms with E-state index in [9.17, 15) is 4.79 Å². The SMILES string of the molecule is CC1CC(C)CC(OC(=O)c2cc(N)c[nH]2)C1. The fourth-order valence-electron chi connectivity index (χ4n) is 2.71. The highest BCUT2D eigenvalue weighted by atomic mass is 16.5. The zero-order chi connectivity index (χ0) is 12.4. The second kappa shape index (κ2) is 4.82. The van der Waals surface area contributed by atoms with Crippen LogP contribution in [-0.4, -0.2) is 17.1 Å². The lowest BCUT2D eigenvalue weighted by molar-refractivity contribution is 0.00752. The lowest BCUT2D eigenvalue weighted by Crippen LogP contribution is -2.28. The minimum atomic E-state index is -0.298. The maximum Gasteiger partial charge on any atom is 0.355 e. The van der Waals surface area contributed by atoms with Gasteiger partial charge in [-0.2, -0.15) is 0 Å². The van der Waals surface area contributed by atoms with Gasteiger partial charge >= 0.3 is 5.97 Å². The summed E-state index contributed by atoms with van der Waals surface area (Å²) in [5.74, 6) is 0.962. The molecule has 0 radical (unpaired) electrons. The first-order valence-electron chi connectivity index (χ1n) is 6.19. The van der Waals surface area contributed by atoms with Crippen LogP contribution in [-0.2, 0) is 4.74 Å². The monoisotopic (exact) mass is 236 g/mol. The predicted molar refractivity (Wildman–Crippen MR) is 66.6 cm³/mol. The molecule has 94 valence electrons. The van der Waals surface area contributed by atoms with Crippen molar-refractivity contribution in [2.24, 2.45) is 11.8 Å². The van der Waals surface area contributed by atoms with Crippen LogP contribution in [0.1, 0.15) is 43.6 Å². The van der Waals surface area contributed by atoms with Crippen molar-refractivity contribution < 1.29 is 9.53 Å². The largest absolute Gasteiger partial charge is 0.458 e. The van der Waals surface area contributed by atoms with E-state index in [0.29, 0.717) is 23.2 Å². The van der Waals surface area contributed by atoms with Gasteiger partial charge in [-0.15, -0.1) is 0 Å². The second-order valence-electron chi connectivity index (χ2n) is 5.29. The number of nitrogens with one attached hydrogen (secondary N) is 1. The van der Waals surface area contributed by atoms with E-state index in [0.717, 1.165) is 12.8 Å². The molecule has 2 atom stereocenters. The highest BCUT2D eigenvalue weighted by Gasteiger charge is 2.27. The van der Waals surface area contributed by atoms with Gasteiger partial charge in [-0.05, 0) is 37.2 Å². The molecular formula is C13H20N2O2. The van der Waals surface area contributed by atoms with Crippen molar-refractivity contribution in [1.82, 2.24) is 4.98 Å². The Hall–Kier alpha value is -1.45. The topological polar surface area (TPSA) is 68.1 Å². The average Bonchev–Trinajstić information content (AvgIpc) is 2.63. The standard InChI is InChI=1S/C13H20N2O2/c1-8-3-9(2)5-11(4-8)17-13(16)12-6-10(14)7-15-12/h6-9,11,15H,3-5,14H2,1-2H3. The molecule has 4 heteroatoms. The molecule has 17 heavy (non-hydrogen) atoms. The molecule has 0 saturated heterocycles. The lowest BCUT2D eigenvalue weighted by atomic mass is 9.82. The van der Waals surface area contributed by atoms with Crippen molar-refractivity contribution in [3.63, 3.8) is 0 Å². The molecule has 1 heterocycles. The Balaban J connectivity index is 1.94. The zero-order valence-electron chi connectivity index (χ0n) is 10.4. The first-order valence-corrected chi connectivity index (χ1v) is 6.19. The van der Waals surface area contributed by atoms with Crippen molar-refractivity contribution >= 4 is 11.7 Å². The third kappa shape index (κ3) is 3.02. The third-order valence-electron chi connectivity index (χ3n) is 3.33. The molecular weight excluding hydrogens is 216 g/mol. The summed E-state index contributed by atoms with van der Waals surface area (Å²) in [5.41, 5.74) is 6.55. The Morgan fingerprint density at radius 3 is 2.53 bits per heavy atom. The van der Waals surface area contributed by atoms with Crippen molar-refractivity contribution in [1.29, 1.82) is 0 Å². The molecule has 2 rings (SSSR count). The molecule has 0 aromatic carbocycles.